The van der Waals surface area contributed by atoms with Gasteiger partial charge in [0.2, 0.25) is 0 Å². The number of carbonyl (C=O) groups excluding carboxylic acids is 1. The molecule has 0 amide bonds. The second kappa shape index (κ2) is 5.00. The number of nitrogens with zero attached hydrogens (tertiary/aromatic N) is 2. The van der Waals surface area contributed by atoms with E-state index in [1.54, 1.807) is 6.20 Å². The Bertz CT molecular complexity index is 326. The highest BCUT2D eigenvalue weighted by Crippen LogP contribution is 2.03. The van der Waals surface area contributed by atoms with E-state index in [2.05, 4.69) is 15.2 Å². The molecule has 0 atom stereocenters. The fourth-order valence-electron chi connectivity index (χ4n) is 1.73. The topological polar surface area (TPSA) is 45.2 Å². The van der Waals surface area contributed by atoms with E-state index in [-0.39, 0.29) is 5.78 Å². The van der Waals surface area contributed by atoms with Crippen LogP contribution in [0.15, 0.2) is 24.5 Å². The molecule has 2 rings (SSSR count). The molecule has 0 aliphatic carbocycles. The smallest absolute Gasteiger partial charge is 0.160 e. The fraction of sp³-hybridized carbons (Fsp3) is 0.455. The van der Waals surface area contributed by atoms with Crippen LogP contribution in [0.3, 0.4) is 0 Å². The minimum absolute atomic E-state index is 0.261. The zero-order chi connectivity index (χ0) is 10.5. The molecule has 0 saturated carbocycles. The molecule has 0 radical (unpaired) electrons. The van der Waals surface area contributed by atoms with E-state index < -0.39 is 0 Å². The van der Waals surface area contributed by atoms with Crippen LogP contribution in [0, 0.1) is 0 Å². The van der Waals surface area contributed by atoms with E-state index in [1.807, 2.05) is 18.3 Å². The summed E-state index contributed by atoms with van der Waals surface area (Å²) in [6, 6.07) is 3.96. The standard InChI is InChI=1S/C11H15N3O/c15-11-7-13-4-5-14(9-11)8-10-2-1-3-12-6-10/h1-3,6,13H,4-5,7-9H2. The van der Waals surface area contributed by atoms with Gasteiger partial charge in [0.15, 0.2) is 5.78 Å². The predicted molar refractivity (Wildman–Crippen MR) is 57.4 cm³/mol. The average Bonchev–Trinajstić information content (AvgIpc) is 2.44. The van der Waals surface area contributed by atoms with Gasteiger partial charge in [-0.3, -0.25) is 14.7 Å². The lowest BCUT2D eigenvalue weighted by molar-refractivity contribution is -0.118. The molecular weight excluding hydrogens is 190 g/mol. The number of Topliss-reactive ketones (excluding diaryl/α,β-unsaturated/α-hetero) is 1. The third-order valence-corrected chi connectivity index (χ3v) is 2.46. The second-order valence-electron chi connectivity index (χ2n) is 3.79. The number of carbonyl (C=O) groups is 1. The zero-order valence-electron chi connectivity index (χ0n) is 8.65. The van der Waals surface area contributed by atoms with Crippen molar-refractivity contribution in [2.75, 3.05) is 26.2 Å². The van der Waals surface area contributed by atoms with Gasteiger partial charge < -0.3 is 5.32 Å². The van der Waals surface area contributed by atoms with Gasteiger partial charge >= 0.3 is 0 Å². The molecule has 4 heteroatoms. The highest BCUT2D eigenvalue weighted by atomic mass is 16.1. The van der Waals surface area contributed by atoms with E-state index in [4.69, 9.17) is 0 Å². The normalized spacial score (nSPS) is 18.8. The Morgan fingerprint density at radius 1 is 1.53 bits per heavy atom. The van der Waals surface area contributed by atoms with Gasteiger partial charge in [0.05, 0.1) is 13.1 Å². The summed E-state index contributed by atoms with van der Waals surface area (Å²) in [5.74, 6) is 0.261. The van der Waals surface area contributed by atoms with Gasteiger partial charge in [0.25, 0.3) is 0 Å². The minimum Gasteiger partial charge on any atom is -0.309 e. The molecule has 1 fully saturated rings. The molecule has 1 aliphatic rings. The first-order chi connectivity index (χ1) is 7.34. The Balaban J connectivity index is 1.96. The van der Waals surface area contributed by atoms with Gasteiger partial charge in [0, 0.05) is 32.0 Å². The molecule has 80 valence electrons. The number of rotatable bonds is 2. The van der Waals surface area contributed by atoms with Crippen LogP contribution >= 0.6 is 0 Å². The maximum atomic E-state index is 11.4. The van der Waals surface area contributed by atoms with Gasteiger partial charge in [-0.1, -0.05) is 6.07 Å². The van der Waals surface area contributed by atoms with Gasteiger partial charge in [-0.2, -0.15) is 0 Å². The van der Waals surface area contributed by atoms with Crippen molar-refractivity contribution in [2.24, 2.45) is 0 Å². The summed E-state index contributed by atoms with van der Waals surface area (Å²) in [4.78, 5) is 17.6. The molecule has 0 unspecified atom stereocenters. The molecule has 1 aliphatic heterocycles. The first-order valence-corrected chi connectivity index (χ1v) is 5.18. The molecule has 4 nitrogen and oxygen atoms in total. The molecule has 1 saturated heterocycles. The van der Waals surface area contributed by atoms with Crippen LogP contribution in [0.2, 0.25) is 0 Å². The number of hydrogen-bond donors (Lipinski definition) is 1. The molecule has 0 spiro atoms. The molecule has 0 bridgehead atoms. The van der Waals surface area contributed by atoms with Crippen LogP contribution in [-0.4, -0.2) is 41.8 Å². The Morgan fingerprint density at radius 2 is 2.47 bits per heavy atom. The largest absolute Gasteiger partial charge is 0.309 e. The van der Waals surface area contributed by atoms with E-state index in [9.17, 15) is 4.79 Å². The summed E-state index contributed by atoms with van der Waals surface area (Å²) >= 11 is 0. The Labute approximate surface area is 89.3 Å². The quantitative estimate of drug-likeness (QED) is 0.741. The van der Waals surface area contributed by atoms with E-state index in [0.717, 1.165) is 25.2 Å². The van der Waals surface area contributed by atoms with Crippen molar-refractivity contribution in [1.82, 2.24) is 15.2 Å². The first kappa shape index (κ1) is 10.3. The second-order valence-corrected chi connectivity index (χ2v) is 3.79. The highest BCUT2D eigenvalue weighted by molar-refractivity contribution is 5.82. The van der Waals surface area contributed by atoms with Gasteiger partial charge in [0.1, 0.15) is 0 Å². The average molecular weight is 205 g/mol. The lowest BCUT2D eigenvalue weighted by Crippen LogP contribution is -2.29. The summed E-state index contributed by atoms with van der Waals surface area (Å²) in [7, 11) is 0. The monoisotopic (exact) mass is 205 g/mol. The highest BCUT2D eigenvalue weighted by Gasteiger charge is 2.14. The Morgan fingerprint density at radius 3 is 3.27 bits per heavy atom. The van der Waals surface area contributed by atoms with Crippen molar-refractivity contribution in [3.05, 3.63) is 30.1 Å². The molecule has 1 aromatic rings. The molecule has 1 N–H and O–H groups in total. The van der Waals surface area contributed by atoms with E-state index in [1.165, 1.54) is 0 Å². The maximum absolute atomic E-state index is 11.4. The van der Waals surface area contributed by atoms with Crippen molar-refractivity contribution >= 4 is 5.78 Å². The van der Waals surface area contributed by atoms with Crippen LogP contribution < -0.4 is 5.32 Å². The van der Waals surface area contributed by atoms with Gasteiger partial charge in [-0.25, -0.2) is 0 Å². The summed E-state index contributed by atoms with van der Waals surface area (Å²) in [5, 5.41) is 3.11. The van der Waals surface area contributed by atoms with E-state index >= 15 is 0 Å². The third-order valence-electron chi connectivity index (χ3n) is 2.46. The van der Waals surface area contributed by atoms with Crippen molar-refractivity contribution in [1.29, 1.82) is 0 Å². The molecule has 2 heterocycles. The van der Waals surface area contributed by atoms with Crippen LogP contribution in [0.25, 0.3) is 0 Å². The number of ketones is 1. The van der Waals surface area contributed by atoms with Crippen LogP contribution in [-0.2, 0) is 11.3 Å². The molecule has 0 aromatic carbocycles. The van der Waals surface area contributed by atoms with Crippen LogP contribution in [0.5, 0.6) is 0 Å². The lowest BCUT2D eigenvalue weighted by atomic mass is 10.2. The summed E-state index contributed by atoms with van der Waals surface area (Å²) in [6.07, 6.45) is 3.61. The Hall–Kier alpha value is -1.26. The number of pyridine rings is 1. The summed E-state index contributed by atoms with van der Waals surface area (Å²) < 4.78 is 0. The minimum atomic E-state index is 0.261. The molecule has 15 heavy (non-hydrogen) atoms. The maximum Gasteiger partial charge on any atom is 0.160 e. The SMILES string of the molecule is O=C1CNCCN(Cc2cccnc2)C1. The van der Waals surface area contributed by atoms with Gasteiger partial charge in [-0.15, -0.1) is 0 Å². The summed E-state index contributed by atoms with van der Waals surface area (Å²) in [6.45, 7) is 3.65. The Kier molecular flexibility index (Phi) is 3.42. The number of hydrogen-bond acceptors (Lipinski definition) is 4. The predicted octanol–water partition coefficient (Wildman–Crippen LogP) is 0.0559. The van der Waals surface area contributed by atoms with E-state index in [0.29, 0.717) is 13.1 Å². The number of aromatic nitrogens is 1. The van der Waals surface area contributed by atoms with Gasteiger partial charge in [-0.05, 0) is 11.6 Å². The molecule has 1 aromatic heterocycles. The summed E-state index contributed by atoms with van der Waals surface area (Å²) in [5.41, 5.74) is 1.16. The van der Waals surface area contributed by atoms with Crippen molar-refractivity contribution in [3.8, 4) is 0 Å². The molecular formula is C11H15N3O. The fourth-order valence-corrected chi connectivity index (χ4v) is 1.73. The van der Waals surface area contributed by atoms with Crippen LogP contribution in [0.4, 0.5) is 0 Å². The zero-order valence-corrected chi connectivity index (χ0v) is 8.65. The number of nitrogens with one attached hydrogen (secondary N) is 1. The van der Waals surface area contributed by atoms with Crippen LogP contribution in [0.1, 0.15) is 5.56 Å². The van der Waals surface area contributed by atoms with Crippen molar-refractivity contribution < 1.29 is 4.79 Å². The lowest BCUT2D eigenvalue weighted by Gasteiger charge is -2.18. The first-order valence-electron chi connectivity index (χ1n) is 5.18. The third kappa shape index (κ3) is 3.11. The van der Waals surface area contributed by atoms with Crippen molar-refractivity contribution in [3.63, 3.8) is 0 Å². The van der Waals surface area contributed by atoms with Crippen molar-refractivity contribution in [2.45, 2.75) is 6.54 Å².